The van der Waals surface area contributed by atoms with E-state index in [1.165, 1.54) is 5.56 Å². The minimum Gasteiger partial charge on any atom is -0.120 e. The van der Waals surface area contributed by atoms with Crippen molar-refractivity contribution in [2.45, 2.75) is 12.8 Å². The van der Waals surface area contributed by atoms with Crippen molar-refractivity contribution in [2.75, 3.05) is 0 Å². The van der Waals surface area contributed by atoms with Gasteiger partial charge in [-0.15, -0.1) is 18.8 Å². The first kappa shape index (κ1) is 8.44. The normalized spacial score (nSPS) is 8.50. The van der Waals surface area contributed by atoms with Gasteiger partial charge in [0.2, 0.25) is 0 Å². The Kier molecular flexibility index (Phi) is 3.00. The molecular weight excluding hydrogens is 144 g/mol. The lowest BCUT2D eigenvalue weighted by Crippen LogP contribution is -1.84. The summed E-state index contributed by atoms with van der Waals surface area (Å²) in [4.78, 5) is 0. The molecule has 0 nitrogen and oxygen atoms in total. The topological polar surface area (TPSA) is 0 Å². The van der Waals surface area contributed by atoms with Crippen molar-refractivity contribution in [2.24, 2.45) is 0 Å². The van der Waals surface area contributed by atoms with E-state index in [9.17, 15) is 0 Å². The SMILES string of the molecule is C#CCCc1cccc(C#C)c1. The van der Waals surface area contributed by atoms with Crippen molar-refractivity contribution in [3.63, 3.8) is 0 Å². The fourth-order valence-corrected chi connectivity index (χ4v) is 1.03. The van der Waals surface area contributed by atoms with E-state index in [2.05, 4.69) is 11.8 Å². The van der Waals surface area contributed by atoms with E-state index in [1.54, 1.807) is 0 Å². The fraction of sp³-hybridized carbons (Fsp3) is 0.167. The van der Waals surface area contributed by atoms with Crippen LogP contribution in [0.3, 0.4) is 0 Å². The van der Waals surface area contributed by atoms with Crippen molar-refractivity contribution >= 4 is 0 Å². The molecule has 1 aromatic rings. The quantitative estimate of drug-likeness (QED) is 0.573. The highest BCUT2D eigenvalue weighted by Crippen LogP contribution is 2.05. The predicted octanol–water partition coefficient (Wildman–Crippen LogP) is 2.23. The second kappa shape index (κ2) is 4.27. The lowest BCUT2D eigenvalue weighted by Gasteiger charge is -1.97. The van der Waals surface area contributed by atoms with E-state index < -0.39 is 0 Å². The molecule has 0 aliphatic carbocycles. The van der Waals surface area contributed by atoms with E-state index >= 15 is 0 Å². The average molecular weight is 154 g/mol. The molecule has 0 amide bonds. The summed E-state index contributed by atoms with van der Waals surface area (Å²) in [5.41, 5.74) is 2.13. The van der Waals surface area contributed by atoms with Gasteiger partial charge in [0.05, 0.1) is 0 Å². The monoisotopic (exact) mass is 154 g/mol. The van der Waals surface area contributed by atoms with Crippen LogP contribution in [0.4, 0.5) is 0 Å². The molecule has 0 aromatic heterocycles. The van der Waals surface area contributed by atoms with Crippen LogP contribution in [0.25, 0.3) is 0 Å². The predicted molar refractivity (Wildman–Crippen MR) is 51.5 cm³/mol. The van der Waals surface area contributed by atoms with Crippen molar-refractivity contribution in [3.8, 4) is 24.7 Å². The fourth-order valence-electron chi connectivity index (χ4n) is 1.03. The van der Waals surface area contributed by atoms with Gasteiger partial charge in [0.25, 0.3) is 0 Å². The Morgan fingerprint density at radius 2 is 2.08 bits per heavy atom. The Hall–Kier alpha value is -1.66. The second-order valence-electron chi connectivity index (χ2n) is 2.55. The Bertz CT molecular complexity index is 334. The summed E-state index contributed by atoms with van der Waals surface area (Å²) >= 11 is 0. The summed E-state index contributed by atoms with van der Waals surface area (Å²) in [6.45, 7) is 0. The molecule has 0 aliphatic rings. The van der Waals surface area contributed by atoms with E-state index in [0.29, 0.717) is 0 Å². The van der Waals surface area contributed by atoms with Gasteiger partial charge in [-0.2, -0.15) is 0 Å². The molecule has 1 rings (SSSR count). The highest BCUT2D eigenvalue weighted by molar-refractivity contribution is 5.35. The number of aryl methyl sites for hydroxylation is 1. The van der Waals surface area contributed by atoms with Gasteiger partial charge >= 0.3 is 0 Å². The van der Waals surface area contributed by atoms with Crippen LogP contribution in [0.2, 0.25) is 0 Å². The van der Waals surface area contributed by atoms with Gasteiger partial charge in [-0.05, 0) is 24.1 Å². The molecule has 0 saturated carbocycles. The maximum atomic E-state index is 5.26. The standard InChI is InChI=1S/C12H10/c1-3-5-7-12-9-6-8-11(4-2)10-12/h1-2,6,8-10H,5,7H2. The number of terminal acetylenes is 2. The van der Waals surface area contributed by atoms with Gasteiger partial charge in [-0.3, -0.25) is 0 Å². The van der Waals surface area contributed by atoms with Crippen LogP contribution in [0.15, 0.2) is 24.3 Å². The summed E-state index contributed by atoms with van der Waals surface area (Å²) in [7, 11) is 0. The van der Waals surface area contributed by atoms with Gasteiger partial charge in [0.15, 0.2) is 0 Å². The van der Waals surface area contributed by atoms with Gasteiger partial charge in [0.1, 0.15) is 0 Å². The zero-order chi connectivity index (χ0) is 8.81. The molecule has 0 heteroatoms. The molecule has 0 fully saturated rings. The Balaban J connectivity index is 2.76. The van der Waals surface area contributed by atoms with Crippen LogP contribution in [0, 0.1) is 24.7 Å². The van der Waals surface area contributed by atoms with Crippen LogP contribution < -0.4 is 0 Å². The molecule has 0 saturated heterocycles. The largest absolute Gasteiger partial charge is 0.120 e. The number of hydrogen-bond acceptors (Lipinski definition) is 0. The summed E-state index contributed by atoms with van der Waals surface area (Å²) < 4.78 is 0. The van der Waals surface area contributed by atoms with Gasteiger partial charge < -0.3 is 0 Å². The van der Waals surface area contributed by atoms with Gasteiger partial charge in [-0.25, -0.2) is 0 Å². The molecule has 0 atom stereocenters. The summed E-state index contributed by atoms with van der Waals surface area (Å²) in [6.07, 6.45) is 12.1. The summed E-state index contributed by atoms with van der Waals surface area (Å²) in [5, 5.41) is 0. The molecular formula is C12H10. The minimum absolute atomic E-state index is 0.772. The maximum absolute atomic E-state index is 5.26. The molecule has 0 aliphatic heterocycles. The first-order valence-electron chi connectivity index (χ1n) is 3.86. The van der Waals surface area contributed by atoms with Crippen LogP contribution in [-0.2, 0) is 6.42 Å². The summed E-state index contributed by atoms with van der Waals surface area (Å²) in [5.74, 6) is 5.19. The molecule has 12 heavy (non-hydrogen) atoms. The van der Waals surface area contributed by atoms with Crippen LogP contribution >= 0.6 is 0 Å². The third-order valence-corrected chi connectivity index (χ3v) is 1.65. The average Bonchev–Trinajstić information content (AvgIpc) is 2.15. The number of benzene rings is 1. The molecule has 58 valence electrons. The van der Waals surface area contributed by atoms with E-state index in [1.807, 2.05) is 24.3 Å². The first-order chi connectivity index (χ1) is 5.86. The molecule has 0 unspecified atom stereocenters. The molecule has 1 aromatic carbocycles. The van der Waals surface area contributed by atoms with Crippen molar-refractivity contribution in [1.82, 2.24) is 0 Å². The van der Waals surface area contributed by atoms with Crippen LogP contribution in [0.1, 0.15) is 17.5 Å². The van der Waals surface area contributed by atoms with Crippen LogP contribution in [0.5, 0.6) is 0 Å². The Morgan fingerprint density at radius 1 is 1.25 bits per heavy atom. The lowest BCUT2D eigenvalue weighted by molar-refractivity contribution is 1.03. The van der Waals surface area contributed by atoms with Gasteiger partial charge in [0, 0.05) is 12.0 Å². The molecule has 0 heterocycles. The van der Waals surface area contributed by atoms with E-state index in [0.717, 1.165) is 18.4 Å². The third kappa shape index (κ3) is 2.19. The smallest absolute Gasteiger partial charge is 0.0245 e. The van der Waals surface area contributed by atoms with Crippen molar-refractivity contribution in [3.05, 3.63) is 35.4 Å². The second-order valence-corrected chi connectivity index (χ2v) is 2.55. The zero-order valence-electron chi connectivity index (χ0n) is 6.88. The van der Waals surface area contributed by atoms with Crippen molar-refractivity contribution in [1.29, 1.82) is 0 Å². The van der Waals surface area contributed by atoms with Crippen LogP contribution in [-0.4, -0.2) is 0 Å². The highest BCUT2D eigenvalue weighted by atomic mass is 14.0. The number of rotatable bonds is 2. The summed E-state index contributed by atoms with van der Waals surface area (Å²) in [6, 6.07) is 7.91. The molecule has 0 radical (unpaired) electrons. The molecule has 0 bridgehead atoms. The number of hydrogen-bond donors (Lipinski definition) is 0. The molecule has 0 N–H and O–H groups in total. The van der Waals surface area contributed by atoms with E-state index in [-0.39, 0.29) is 0 Å². The highest BCUT2D eigenvalue weighted by Gasteiger charge is 1.91. The Labute approximate surface area is 73.6 Å². The van der Waals surface area contributed by atoms with Gasteiger partial charge in [-0.1, -0.05) is 18.1 Å². The maximum Gasteiger partial charge on any atom is 0.0245 e. The Morgan fingerprint density at radius 3 is 2.75 bits per heavy atom. The van der Waals surface area contributed by atoms with E-state index in [4.69, 9.17) is 12.8 Å². The lowest BCUT2D eigenvalue weighted by atomic mass is 10.1. The molecule has 0 spiro atoms. The first-order valence-corrected chi connectivity index (χ1v) is 3.86. The minimum atomic E-state index is 0.772. The third-order valence-electron chi connectivity index (χ3n) is 1.65. The zero-order valence-corrected chi connectivity index (χ0v) is 6.88. The van der Waals surface area contributed by atoms with Crippen molar-refractivity contribution < 1.29 is 0 Å².